The Morgan fingerprint density at radius 1 is 1.24 bits per heavy atom. The monoisotopic (exact) mass is 231 g/mol. The number of rotatable bonds is 1. The molecule has 17 heavy (non-hydrogen) atoms. The highest BCUT2D eigenvalue weighted by molar-refractivity contribution is 5.46. The summed E-state index contributed by atoms with van der Waals surface area (Å²) in [7, 11) is 2.30. The van der Waals surface area contributed by atoms with Gasteiger partial charge in [0, 0.05) is 24.8 Å². The summed E-state index contributed by atoms with van der Waals surface area (Å²) in [4.78, 5) is 9.31. The highest BCUT2D eigenvalue weighted by atomic mass is 15.3. The fourth-order valence-electron chi connectivity index (χ4n) is 3.36. The lowest BCUT2D eigenvalue weighted by Gasteiger charge is -2.42. The van der Waals surface area contributed by atoms with Gasteiger partial charge in [-0.3, -0.25) is 9.88 Å². The zero-order valence-electron chi connectivity index (χ0n) is 10.6. The van der Waals surface area contributed by atoms with Crippen LogP contribution in [-0.4, -0.2) is 42.1 Å². The molecule has 92 valence electrons. The van der Waals surface area contributed by atoms with Crippen LogP contribution >= 0.6 is 0 Å². The molecule has 3 rings (SSSR count). The van der Waals surface area contributed by atoms with Crippen molar-refractivity contribution in [3.05, 3.63) is 24.5 Å². The van der Waals surface area contributed by atoms with Crippen LogP contribution in [0.25, 0.3) is 0 Å². The minimum atomic E-state index is 0.439. The molecule has 0 radical (unpaired) electrons. The Hall–Kier alpha value is -1.09. The van der Waals surface area contributed by atoms with Crippen molar-refractivity contribution in [1.82, 2.24) is 9.88 Å². The molecule has 2 aliphatic rings. The summed E-state index contributed by atoms with van der Waals surface area (Å²) in [6.07, 6.45) is 9.26. The SMILES string of the molecule is CN1CCCCC12CCN(c1cccnc1)C2. The van der Waals surface area contributed by atoms with Crippen LogP contribution in [-0.2, 0) is 0 Å². The summed E-state index contributed by atoms with van der Waals surface area (Å²) in [5.74, 6) is 0. The molecule has 2 aliphatic heterocycles. The van der Waals surface area contributed by atoms with E-state index in [1.165, 1.54) is 51.0 Å². The summed E-state index contributed by atoms with van der Waals surface area (Å²) in [6, 6.07) is 4.21. The van der Waals surface area contributed by atoms with Crippen molar-refractivity contribution in [2.24, 2.45) is 0 Å². The third-order valence-corrected chi connectivity index (χ3v) is 4.54. The third kappa shape index (κ3) is 1.93. The van der Waals surface area contributed by atoms with E-state index >= 15 is 0 Å². The van der Waals surface area contributed by atoms with Gasteiger partial charge in [-0.2, -0.15) is 0 Å². The van der Waals surface area contributed by atoms with Gasteiger partial charge in [0.15, 0.2) is 0 Å². The molecular formula is C14H21N3. The Morgan fingerprint density at radius 2 is 2.18 bits per heavy atom. The van der Waals surface area contributed by atoms with Crippen LogP contribution < -0.4 is 4.90 Å². The summed E-state index contributed by atoms with van der Waals surface area (Å²) in [5, 5.41) is 0. The molecule has 2 fully saturated rings. The molecule has 1 atom stereocenters. The van der Waals surface area contributed by atoms with Crippen molar-refractivity contribution in [2.45, 2.75) is 31.2 Å². The van der Waals surface area contributed by atoms with E-state index in [0.29, 0.717) is 5.54 Å². The number of hydrogen-bond donors (Lipinski definition) is 0. The van der Waals surface area contributed by atoms with Crippen LogP contribution in [0.1, 0.15) is 25.7 Å². The van der Waals surface area contributed by atoms with Gasteiger partial charge in [-0.05, 0) is 45.0 Å². The number of likely N-dealkylation sites (N-methyl/N-ethyl adjacent to an activating group) is 1. The van der Waals surface area contributed by atoms with Gasteiger partial charge in [0.2, 0.25) is 0 Å². The first kappa shape index (κ1) is 11.0. The summed E-state index contributed by atoms with van der Waals surface area (Å²) in [5.41, 5.74) is 1.72. The van der Waals surface area contributed by atoms with Crippen LogP contribution in [0.2, 0.25) is 0 Å². The maximum Gasteiger partial charge on any atom is 0.0553 e. The minimum Gasteiger partial charge on any atom is -0.368 e. The van der Waals surface area contributed by atoms with Gasteiger partial charge < -0.3 is 4.90 Å². The van der Waals surface area contributed by atoms with Gasteiger partial charge >= 0.3 is 0 Å². The average Bonchev–Trinajstić information content (AvgIpc) is 2.80. The van der Waals surface area contributed by atoms with Gasteiger partial charge in [-0.25, -0.2) is 0 Å². The number of piperidine rings is 1. The van der Waals surface area contributed by atoms with Gasteiger partial charge in [0.25, 0.3) is 0 Å². The molecule has 0 aromatic carbocycles. The Morgan fingerprint density at radius 3 is 2.94 bits per heavy atom. The molecule has 3 nitrogen and oxygen atoms in total. The van der Waals surface area contributed by atoms with Gasteiger partial charge in [-0.15, -0.1) is 0 Å². The second-order valence-corrected chi connectivity index (χ2v) is 5.49. The van der Waals surface area contributed by atoms with Gasteiger partial charge in [0.05, 0.1) is 11.9 Å². The van der Waals surface area contributed by atoms with Crippen LogP contribution in [0, 0.1) is 0 Å². The molecule has 0 N–H and O–H groups in total. The molecule has 0 aliphatic carbocycles. The smallest absolute Gasteiger partial charge is 0.0553 e. The molecule has 1 aromatic rings. The lowest BCUT2D eigenvalue weighted by molar-refractivity contribution is 0.0928. The maximum atomic E-state index is 4.23. The van der Waals surface area contributed by atoms with Crippen molar-refractivity contribution in [3.63, 3.8) is 0 Å². The minimum absolute atomic E-state index is 0.439. The van der Waals surface area contributed by atoms with Crippen molar-refractivity contribution >= 4 is 5.69 Å². The summed E-state index contributed by atoms with van der Waals surface area (Å²) >= 11 is 0. The Balaban J connectivity index is 1.77. The number of nitrogens with zero attached hydrogens (tertiary/aromatic N) is 3. The zero-order chi connectivity index (χ0) is 11.7. The predicted molar refractivity (Wildman–Crippen MR) is 70.3 cm³/mol. The quantitative estimate of drug-likeness (QED) is 0.738. The highest BCUT2D eigenvalue weighted by Gasteiger charge is 2.42. The van der Waals surface area contributed by atoms with Crippen molar-refractivity contribution in [1.29, 1.82) is 0 Å². The largest absolute Gasteiger partial charge is 0.368 e. The fraction of sp³-hybridized carbons (Fsp3) is 0.643. The second-order valence-electron chi connectivity index (χ2n) is 5.49. The summed E-state index contributed by atoms with van der Waals surface area (Å²) < 4.78 is 0. The molecule has 1 aromatic heterocycles. The molecular weight excluding hydrogens is 210 g/mol. The fourth-order valence-corrected chi connectivity index (χ4v) is 3.36. The van der Waals surface area contributed by atoms with Crippen LogP contribution in [0.5, 0.6) is 0 Å². The number of aromatic nitrogens is 1. The highest BCUT2D eigenvalue weighted by Crippen LogP contribution is 2.36. The van der Waals surface area contributed by atoms with E-state index in [4.69, 9.17) is 0 Å². The topological polar surface area (TPSA) is 19.4 Å². The number of hydrogen-bond acceptors (Lipinski definition) is 3. The Labute approximate surface area is 103 Å². The Bertz CT molecular complexity index is 378. The normalized spacial score (nSPS) is 30.1. The molecule has 3 heteroatoms. The van der Waals surface area contributed by atoms with E-state index in [2.05, 4.69) is 27.9 Å². The van der Waals surface area contributed by atoms with Gasteiger partial charge in [-0.1, -0.05) is 6.42 Å². The predicted octanol–water partition coefficient (Wildman–Crippen LogP) is 2.15. The molecule has 2 saturated heterocycles. The van der Waals surface area contributed by atoms with Crippen LogP contribution in [0.4, 0.5) is 5.69 Å². The molecule has 0 bridgehead atoms. The molecule has 0 amide bonds. The number of pyridine rings is 1. The second kappa shape index (κ2) is 4.30. The first-order chi connectivity index (χ1) is 8.30. The first-order valence-corrected chi connectivity index (χ1v) is 6.66. The van der Waals surface area contributed by atoms with Gasteiger partial charge in [0.1, 0.15) is 0 Å². The van der Waals surface area contributed by atoms with E-state index in [1.54, 1.807) is 0 Å². The lowest BCUT2D eigenvalue weighted by Crippen LogP contribution is -2.51. The number of likely N-dealkylation sites (tertiary alicyclic amines) is 1. The van der Waals surface area contributed by atoms with E-state index in [0.717, 1.165) is 0 Å². The van der Waals surface area contributed by atoms with Crippen LogP contribution in [0.15, 0.2) is 24.5 Å². The van der Waals surface area contributed by atoms with E-state index in [1.807, 2.05) is 18.5 Å². The van der Waals surface area contributed by atoms with Crippen LogP contribution in [0.3, 0.4) is 0 Å². The third-order valence-electron chi connectivity index (χ3n) is 4.54. The molecule has 3 heterocycles. The molecule has 1 spiro atoms. The average molecular weight is 231 g/mol. The van der Waals surface area contributed by atoms with E-state index < -0.39 is 0 Å². The number of anilines is 1. The van der Waals surface area contributed by atoms with E-state index in [-0.39, 0.29) is 0 Å². The van der Waals surface area contributed by atoms with Crippen molar-refractivity contribution < 1.29 is 0 Å². The standard InChI is InChI=1S/C14H21N3/c1-16-9-3-2-6-14(16)7-10-17(12-14)13-5-4-8-15-11-13/h4-5,8,11H,2-3,6-7,9-10,12H2,1H3. The van der Waals surface area contributed by atoms with Crippen molar-refractivity contribution in [3.8, 4) is 0 Å². The molecule has 0 saturated carbocycles. The van der Waals surface area contributed by atoms with E-state index in [9.17, 15) is 0 Å². The lowest BCUT2D eigenvalue weighted by atomic mass is 9.86. The Kier molecular flexibility index (Phi) is 2.79. The molecule has 1 unspecified atom stereocenters. The first-order valence-electron chi connectivity index (χ1n) is 6.66. The maximum absolute atomic E-state index is 4.23. The summed E-state index contributed by atoms with van der Waals surface area (Å²) in [6.45, 7) is 3.62. The van der Waals surface area contributed by atoms with Crippen molar-refractivity contribution in [2.75, 3.05) is 31.6 Å². The zero-order valence-corrected chi connectivity index (χ0v) is 10.6.